The van der Waals surface area contributed by atoms with Gasteiger partial charge < -0.3 is 9.64 Å². The predicted molar refractivity (Wildman–Crippen MR) is 79.8 cm³/mol. The Morgan fingerprint density at radius 1 is 1.30 bits per heavy atom. The highest BCUT2D eigenvalue weighted by atomic mass is 16.5. The number of hydrogen-bond donors (Lipinski definition) is 0. The predicted octanol–water partition coefficient (Wildman–Crippen LogP) is 3.60. The zero-order valence-corrected chi connectivity index (χ0v) is 12.1. The maximum Gasteiger partial charge on any atom is 0.142 e. The van der Waals surface area contributed by atoms with E-state index in [-0.39, 0.29) is 5.92 Å². The third-order valence-corrected chi connectivity index (χ3v) is 4.62. The number of rotatable bonds is 1. The molecule has 3 nitrogen and oxygen atoms in total. The molecule has 1 saturated carbocycles. The van der Waals surface area contributed by atoms with Gasteiger partial charge in [0.25, 0.3) is 0 Å². The van der Waals surface area contributed by atoms with Crippen molar-refractivity contribution in [1.82, 2.24) is 0 Å². The first-order chi connectivity index (χ1) is 9.79. The van der Waals surface area contributed by atoms with Crippen molar-refractivity contribution in [3.05, 3.63) is 24.3 Å². The molecule has 3 unspecified atom stereocenters. The summed E-state index contributed by atoms with van der Waals surface area (Å²) in [5.41, 5.74) is 1.17. The van der Waals surface area contributed by atoms with Crippen molar-refractivity contribution in [2.24, 2.45) is 11.8 Å². The van der Waals surface area contributed by atoms with Crippen molar-refractivity contribution < 1.29 is 4.74 Å². The van der Waals surface area contributed by atoms with E-state index in [1.165, 1.54) is 12.1 Å². The number of hydrogen-bond acceptors (Lipinski definition) is 3. The lowest BCUT2D eigenvalue weighted by Gasteiger charge is -2.40. The van der Waals surface area contributed by atoms with Gasteiger partial charge >= 0.3 is 0 Å². The first-order valence-electron chi connectivity index (χ1n) is 7.67. The Morgan fingerprint density at radius 2 is 2.15 bits per heavy atom. The van der Waals surface area contributed by atoms with Gasteiger partial charge in [0.1, 0.15) is 5.75 Å². The fraction of sp³-hybridized carbons (Fsp3) is 0.588. The minimum absolute atomic E-state index is 0.150. The van der Waals surface area contributed by atoms with Crippen LogP contribution >= 0.6 is 0 Å². The van der Waals surface area contributed by atoms with E-state index in [2.05, 4.69) is 30.0 Å². The fourth-order valence-corrected chi connectivity index (χ4v) is 3.54. The molecule has 1 heterocycles. The molecule has 1 aliphatic heterocycles. The van der Waals surface area contributed by atoms with E-state index in [0.29, 0.717) is 12.0 Å². The van der Waals surface area contributed by atoms with Gasteiger partial charge in [0.15, 0.2) is 0 Å². The largest absolute Gasteiger partial charge is 0.491 e. The molecule has 1 aliphatic carbocycles. The standard InChI is InChI=1S/C17H22N2O/c1-13-7-8-14(12-18)16(11-13)19-9-4-10-20-17-6-3-2-5-15(17)19/h2-3,5-6,13-14,16H,4,7-11H2,1H3. The SMILES string of the molecule is CC1CCC(C#N)C(N2CCCOc3ccccc32)C1. The Labute approximate surface area is 121 Å². The van der Waals surface area contributed by atoms with Gasteiger partial charge in [0, 0.05) is 12.6 Å². The third kappa shape index (κ3) is 2.47. The summed E-state index contributed by atoms with van der Waals surface area (Å²) in [5, 5.41) is 9.49. The van der Waals surface area contributed by atoms with Crippen LogP contribution in [0.25, 0.3) is 0 Å². The van der Waals surface area contributed by atoms with Gasteiger partial charge in [-0.15, -0.1) is 0 Å². The lowest BCUT2D eigenvalue weighted by molar-refractivity contribution is 0.279. The normalized spacial score (nSPS) is 29.8. The Bertz CT molecular complexity index is 508. The van der Waals surface area contributed by atoms with E-state index in [0.717, 1.165) is 38.2 Å². The molecular formula is C17H22N2O. The molecule has 0 saturated heterocycles. The Balaban J connectivity index is 1.93. The van der Waals surface area contributed by atoms with Gasteiger partial charge in [-0.3, -0.25) is 0 Å². The Morgan fingerprint density at radius 3 is 3.00 bits per heavy atom. The summed E-state index contributed by atoms with van der Waals surface area (Å²) in [7, 11) is 0. The van der Waals surface area contributed by atoms with E-state index in [4.69, 9.17) is 4.74 Å². The third-order valence-electron chi connectivity index (χ3n) is 4.62. The van der Waals surface area contributed by atoms with Crippen LogP contribution in [0.4, 0.5) is 5.69 Å². The van der Waals surface area contributed by atoms with Crippen LogP contribution in [0, 0.1) is 23.2 Å². The summed E-state index contributed by atoms with van der Waals surface area (Å²) in [6.07, 6.45) is 4.35. The Kier molecular flexibility index (Phi) is 3.82. The topological polar surface area (TPSA) is 36.3 Å². The average Bonchev–Trinajstić information content (AvgIpc) is 2.69. The number of benzene rings is 1. The van der Waals surface area contributed by atoms with Crippen LogP contribution in [0.1, 0.15) is 32.6 Å². The summed E-state index contributed by atoms with van der Waals surface area (Å²) in [4.78, 5) is 2.44. The second kappa shape index (κ2) is 5.75. The minimum atomic E-state index is 0.150. The van der Waals surface area contributed by atoms with Crippen LogP contribution in [0.15, 0.2) is 24.3 Å². The number of ether oxygens (including phenoxy) is 1. The molecule has 2 aliphatic rings. The molecule has 0 aromatic heterocycles. The van der Waals surface area contributed by atoms with Crippen molar-refractivity contribution >= 4 is 5.69 Å². The highest BCUT2D eigenvalue weighted by Gasteiger charge is 2.34. The molecule has 0 N–H and O–H groups in total. The van der Waals surface area contributed by atoms with Crippen LogP contribution in [0.3, 0.4) is 0 Å². The lowest BCUT2D eigenvalue weighted by Crippen LogP contribution is -2.44. The van der Waals surface area contributed by atoms with E-state index in [1.54, 1.807) is 0 Å². The van der Waals surface area contributed by atoms with Crippen LogP contribution in [-0.2, 0) is 0 Å². The summed E-state index contributed by atoms with van der Waals surface area (Å²) >= 11 is 0. The first kappa shape index (κ1) is 13.3. The molecule has 3 rings (SSSR count). The quantitative estimate of drug-likeness (QED) is 0.782. The number of para-hydroxylation sites is 2. The van der Waals surface area contributed by atoms with Gasteiger partial charge in [-0.2, -0.15) is 5.26 Å². The molecule has 0 bridgehead atoms. The summed E-state index contributed by atoms with van der Waals surface area (Å²) in [6, 6.07) is 11.1. The molecule has 0 radical (unpaired) electrons. The highest BCUT2D eigenvalue weighted by Crippen LogP contribution is 2.38. The van der Waals surface area contributed by atoms with E-state index >= 15 is 0 Å². The van der Waals surface area contributed by atoms with Crippen LogP contribution in [0.5, 0.6) is 5.75 Å². The second-order valence-corrected chi connectivity index (χ2v) is 6.08. The molecule has 1 aromatic rings. The molecule has 1 aromatic carbocycles. The second-order valence-electron chi connectivity index (χ2n) is 6.08. The van der Waals surface area contributed by atoms with Crippen molar-refractivity contribution in [3.63, 3.8) is 0 Å². The van der Waals surface area contributed by atoms with Gasteiger partial charge in [0.2, 0.25) is 0 Å². The molecule has 106 valence electrons. The van der Waals surface area contributed by atoms with Gasteiger partial charge in [-0.1, -0.05) is 19.1 Å². The number of anilines is 1. The van der Waals surface area contributed by atoms with Gasteiger partial charge in [-0.05, 0) is 43.7 Å². The smallest absolute Gasteiger partial charge is 0.142 e. The molecular weight excluding hydrogens is 248 g/mol. The maximum atomic E-state index is 9.49. The summed E-state index contributed by atoms with van der Waals surface area (Å²) in [5.74, 6) is 1.83. The van der Waals surface area contributed by atoms with Crippen molar-refractivity contribution in [3.8, 4) is 11.8 Å². The first-order valence-corrected chi connectivity index (χ1v) is 7.67. The van der Waals surface area contributed by atoms with E-state index < -0.39 is 0 Å². The molecule has 1 fully saturated rings. The van der Waals surface area contributed by atoms with Crippen LogP contribution in [-0.4, -0.2) is 19.2 Å². The monoisotopic (exact) mass is 270 g/mol. The fourth-order valence-electron chi connectivity index (χ4n) is 3.54. The maximum absolute atomic E-state index is 9.49. The van der Waals surface area contributed by atoms with Crippen LogP contribution < -0.4 is 9.64 Å². The molecule has 0 amide bonds. The van der Waals surface area contributed by atoms with Crippen LogP contribution in [0.2, 0.25) is 0 Å². The molecule has 0 spiro atoms. The zero-order valence-electron chi connectivity index (χ0n) is 12.1. The van der Waals surface area contributed by atoms with Gasteiger partial charge in [-0.25, -0.2) is 0 Å². The number of nitriles is 1. The highest BCUT2D eigenvalue weighted by molar-refractivity contribution is 5.60. The van der Waals surface area contributed by atoms with E-state index in [1.807, 2.05) is 12.1 Å². The molecule has 20 heavy (non-hydrogen) atoms. The molecule has 3 atom stereocenters. The van der Waals surface area contributed by atoms with Crippen molar-refractivity contribution in [1.29, 1.82) is 5.26 Å². The van der Waals surface area contributed by atoms with E-state index in [9.17, 15) is 5.26 Å². The minimum Gasteiger partial charge on any atom is -0.491 e. The summed E-state index contributed by atoms with van der Waals surface area (Å²) in [6.45, 7) is 4.07. The van der Waals surface area contributed by atoms with Gasteiger partial charge in [0.05, 0.1) is 24.3 Å². The molecule has 3 heteroatoms. The lowest BCUT2D eigenvalue weighted by atomic mass is 9.78. The number of nitrogens with zero attached hydrogens (tertiary/aromatic N) is 2. The average molecular weight is 270 g/mol. The Hall–Kier alpha value is -1.69. The number of fused-ring (bicyclic) bond motifs is 1. The van der Waals surface area contributed by atoms with Crippen molar-refractivity contribution in [2.45, 2.75) is 38.6 Å². The summed E-state index contributed by atoms with van der Waals surface area (Å²) < 4.78 is 5.84. The zero-order chi connectivity index (χ0) is 13.9. The van der Waals surface area contributed by atoms with Crippen molar-refractivity contribution in [2.75, 3.05) is 18.1 Å².